The third kappa shape index (κ3) is 2.11. The van der Waals surface area contributed by atoms with Gasteiger partial charge in [-0.2, -0.15) is 0 Å². The summed E-state index contributed by atoms with van der Waals surface area (Å²) in [6, 6.07) is 3.60. The minimum atomic E-state index is -1.47. The zero-order valence-electron chi connectivity index (χ0n) is 7.34. The van der Waals surface area contributed by atoms with Crippen molar-refractivity contribution in [1.82, 2.24) is 0 Å². The first-order chi connectivity index (χ1) is 7.07. The van der Waals surface area contributed by atoms with Crippen molar-refractivity contribution in [2.75, 3.05) is 0 Å². The van der Waals surface area contributed by atoms with E-state index in [0.29, 0.717) is 0 Å². The molecule has 1 aromatic carbocycles. The predicted molar refractivity (Wildman–Crippen MR) is 47.1 cm³/mol. The Balaban J connectivity index is 3.40. The van der Waals surface area contributed by atoms with Crippen LogP contribution in [0.5, 0.6) is 5.75 Å². The van der Waals surface area contributed by atoms with Gasteiger partial charge in [-0.1, -0.05) is 6.07 Å². The molecule has 6 nitrogen and oxygen atoms in total. The highest BCUT2D eigenvalue weighted by atomic mass is 16.5. The fourth-order valence-electron chi connectivity index (χ4n) is 1.08. The summed E-state index contributed by atoms with van der Waals surface area (Å²) < 4.78 is 4.36. The van der Waals surface area contributed by atoms with Crippen LogP contribution in [0.2, 0.25) is 0 Å². The van der Waals surface area contributed by atoms with Crippen LogP contribution in [-0.4, -0.2) is 28.6 Å². The maximum Gasteiger partial charge on any atom is 0.340 e. The molecule has 78 valence electrons. The van der Waals surface area contributed by atoms with Crippen LogP contribution in [-0.2, 0) is 4.79 Å². The predicted octanol–water partition coefficient (Wildman–Crippen LogP) is 0.618. The van der Waals surface area contributed by atoms with E-state index < -0.39 is 23.1 Å². The van der Waals surface area contributed by atoms with E-state index in [2.05, 4.69) is 4.74 Å². The van der Waals surface area contributed by atoms with Crippen LogP contribution in [0, 0.1) is 0 Å². The lowest BCUT2D eigenvalue weighted by molar-refractivity contribution is -0.120. The Morgan fingerprint density at radius 1 is 1.20 bits per heavy atom. The molecule has 0 spiro atoms. The van der Waals surface area contributed by atoms with Crippen LogP contribution in [0.15, 0.2) is 18.2 Å². The van der Waals surface area contributed by atoms with Gasteiger partial charge in [-0.05, 0) is 12.1 Å². The molecule has 0 radical (unpaired) electrons. The zero-order valence-corrected chi connectivity index (χ0v) is 7.34. The number of hydrogen-bond donors (Lipinski definition) is 2. The van der Waals surface area contributed by atoms with E-state index >= 15 is 0 Å². The average Bonchev–Trinajstić information content (AvgIpc) is 2.17. The molecule has 0 amide bonds. The number of carboxylic acids is 2. The summed E-state index contributed by atoms with van der Waals surface area (Å²) in [6.45, 7) is 0.0351. The summed E-state index contributed by atoms with van der Waals surface area (Å²) >= 11 is 0. The minimum Gasteiger partial charge on any atom is -0.478 e. The molecule has 2 N–H and O–H groups in total. The van der Waals surface area contributed by atoms with Crippen molar-refractivity contribution < 1.29 is 29.3 Å². The highest BCUT2D eigenvalue weighted by Gasteiger charge is 2.20. The minimum absolute atomic E-state index is 0.0351. The first-order valence-electron chi connectivity index (χ1n) is 3.78. The fourth-order valence-corrected chi connectivity index (χ4v) is 1.08. The van der Waals surface area contributed by atoms with Gasteiger partial charge in [-0.3, -0.25) is 4.79 Å². The Morgan fingerprint density at radius 2 is 1.87 bits per heavy atom. The summed E-state index contributed by atoms with van der Waals surface area (Å²) in [6.07, 6.45) is 0. The monoisotopic (exact) mass is 210 g/mol. The molecule has 0 atom stereocenters. The number of carbonyl (C=O) groups is 3. The first-order valence-corrected chi connectivity index (χ1v) is 3.78. The lowest BCUT2D eigenvalue weighted by Gasteiger charge is -2.05. The molecule has 0 aliphatic rings. The second-order valence-corrected chi connectivity index (χ2v) is 2.50. The van der Waals surface area contributed by atoms with Gasteiger partial charge in [0.15, 0.2) is 0 Å². The van der Waals surface area contributed by atoms with E-state index in [9.17, 15) is 14.4 Å². The molecule has 15 heavy (non-hydrogen) atoms. The summed E-state index contributed by atoms with van der Waals surface area (Å²) in [5, 5.41) is 17.5. The molecule has 1 rings (SSSR count). The highest BCUT2D eigenvalue weighted by Crippen LogP contribution is 2.22. The summed E-state index contributed by atoms with van der Waals surface area (Å²) in [4.78, 5) is 31.5. The molecule has 0 heterocycles. The lowest BCUT2D eigenvalue weighted by atomic mass is 10.1. The summed E-state index contributed by atoms with van der Waals surface area (Å²) in [5.41, 5.74) is -0.973. The number of ether oxygens (including phenoxy) is 1. The Kier molecular flexibility index (Phi) is 3.02. The molecule has 0 aliphatic heterocycles. The summed E-state index contributed by atoms with van der Waals surface area (Å²) in [7, 11) is 0. The van der Waals surface area contributed by atoms with Gasteiger partial charge in [0, 0.05) is 0 Å². The van der Waals surface area contributed by atoms with Gasteiger partial charge < -0.3 is 14.9 Å². The van der Waals surface area contributed by atoms with Gasteiger partial charge in [-0.15, -0.1) is 0 Å². The van der Waals surface area contributed by atoms with Gasteiger partial charge in [-0.25, -0.2) is 9.59 Å². The second-order valence-electron chi connectivity index (χ2n) is 2.50. The molecule has 0 bridgehead atoms. The van der Waals surface area contributed by atoms with Crippen LogP contribution in [0.4, 0.5) is 0 Å². The van der Waals surface area contributed by atoms with Crippen LogP contribution in [0.1, 0.15) is 20.7 Å². The van der Waals surface area contributed by atoms with Crippen LogP contribution < -0.4 is 4.74 Å². The number of benzene rings is 1. The van der Waals surface area contributed by atoms with Crippen LogP contribution in [0.3, 0.4) is 0 Å². The topological polar surface area (TPSA) is 101 Å². The number of hydrogen-bond acceptors (Lipinski definition) is 4. The van der Waals surface area contributed by atoms with E-state index in [1.807, 2.05) is 0 Å². The standard InChI is InChI=1S/C9H6O6/c10-4-15-6-3-1-2-5(8(11)12)7(6)9(13)14/h1-4H,(H,11,12)(H,13,14). The highest BCUT2D eigenvalue weighted by molar-refractivity contribution is 6.03. The molecule has 0 aliphatic carbocycles. The number of rotatable bonds is 4. The smallest absolute Gasteiger partial charge is 0.340 e. The molecule has 0 unspecified atom stereocenters. The van der Waals surface area contributed by atoms with E-state index in [0.717, 1.165) is 6.07 Å². The quantitative estimate of drug-likeness (QED) is 0.706. The fraction of sp³-hybridized carbons (Fsp3) is 0. The van der Waals surface area contributed by atoms with Gasteiger partial charge in [0.1, 0.15) is 11.3 Å². The van der Waals surface area contributed by atoms with Crippen LogP contribution >= 0.6 is 0 Å². The Hall–Kier alpha value is -2.37. The molecular weight excluding hydrogens is 204 g/mol. The molecule has 6 heteroatoms. The number of carboxylic acid groups (broad SMARTS) is 2. The lowest BCUT2D eigenvalue weighted by Crippen LogP contribution is -2.10. The molecular formula is C9H6O6. The van der Waals surface area contributed by atoms with Gasteiger partial charge in [0.05, 0.1) is 5.56 Å². The Labute approximate surface area is 83.7 Å². The largest absolute Gasteiger partial charge is 0.478 e. The van der Waals surface area contributed by atoms with Crippen molar-refractivity contribution in [3.63, 3.8) is 0 Å². The first kappa shape index (κ1) is 10.7. The number of aromatic carboxylic acids is 2. The van der Waals surface area contributed by atoms with Gasteiger partial charge >= 0.3 is 11.9 Å². The van der Waals surface area contributed by atoms with E-state index in [-0.39, 0.29) is 12.2 Å². The van der Waals surface area contributed by atoms with Crippen molar-refractivity contribution in [3.8, 4) is 5.75 Å². The van der Waals surface area contributed by atoms with Gasteiger partial charge in [0.25, 0.3) is 6.47 Å². The van der Waals surface area contributed by atoms with Crippen molar-refractivity contribution in [2.45, 2.75) is 0 Å². The molecule has 1 aromatic rings. The second kappa shape index (κ2) is 4.23. The third-order valence-corrected chi connectivity index (χ3v) is 1.65. The Bertz CT molecular complexity index is 423. The number of carbonyl (C=O) groups excluding carboxylic acids is 1. The van der Waals surface area contributed by atoms with E-state index in [4.69, 9.17) is 10.2 Å². The van der Waals surface area contributed by atoms with E-state index in [1.165, 1.54) is 12.1 Å². The van der Waals surface area contributed by atoms with Crippen LogP contribution in [0.25, 0.3) is 0 Å². The maximum absolute atomic E-state index is 10.8. The molecule has 0 fully saturated rings. The molecule has 0 aromatic heterocycles. The molecule has 0 saturated heterocycles. The van der Waals surface area contributed by atoms with Crippen molar-refractivity contribution in [1.29, 1.82) is 0 Å². The van der Waals surface area contributed by atoms with Crippen molar-refractivity contribution >= 4 is 18.4 Å². The average molecular weight is 210 g/mol. The molecule has 0 saturated carbocycles. The normalized spacial score (nSPS) is 9.33. The van der Waals surface area contributed by atoms with Crippen molar-refractivity contribution in [2.24, 2.45) is 0 Å². The van der Waals surface area contributed by atoms with E-state index in [1.54, 1.807) is 0 Å². The summed E-state index contributed by atoms with van der Waals surface area (Å²) in [5.74, 6) is -3.16. The zero-order chi connectivity index (χ0) is 11.4. The maximum atomic E-state index is 10.8. The van der Waals surface area contributed by atoms with Gasteiger partial charge in [0.2, 0.25) is 0 Å². The third-order valence-electron chi connectivity index (χ3n) is 1.65. The SMILES string of the molecule is O=COc1cccc(C(=O)O)c1C(=O)O. The Morgan fingerprint density at radius 3 is 2.33 bits per heavy atom. The van der Waals surface area contributed by atoms with Crippen molar-refractivity contribution in [3.05, 3.63) is 29.3 Å².